The number of nitrogens with one attached hydrogen (secondary N) is 3. The fraction of sp³-hybridized carbons (Fsp3) is 0.619. The Morgan fingerprint density at radius 3 is 2.41 bits per heavy atom. The fourth-order valence-corrected chi connectivity index (χ4v) is 4.86. The number of halogens is 2. The van der Waals surface area contributed by atoms with Crippen molar-refractivity contribution in [3.05, 3.63) is 30.1 Å². The number of rotatable bonds is 3. The lowest BCUT2D eigenvalue weighted by molar-refractivity contribution is -0.134. The standard InChI is InChI=1S/C21H29FN4O2.ClH/c22-15-5-7-16(8-6-15)23-21(28)24-17-9-11-26(12-10-17)20(27)19-13-14-3-1-2-4-18(14)25-19;/h5-8,14,17-19,25H,1-4,9-13H2,(H2,23,24,28);1H. The molecule has 3 aliphatic rings. The monoisotopic (exact) mass is 424 g/mol. The van der Waals surface area contributed by atoms with Crippen molar-refractivity contribution in [1.29, 1.82) is 0 Å². The summed E-state index contributed by atoms with van der Waals surface area (Å²) in [6.07, 6.45) is 7.49. The largest absolute Gasteiger partial charge is 0.341 e. The lowest BCUT2D eigenvalue weighted by Crippen LogP contribution is -2.51. The highest BCUT2D eigenvalue weighted by atomic mass is 35.5. The van der Waals surface area contributed by atoms with Gasteiger partial charge in [0.2, 0.25) is 5.91 Å². The summed E-state index contributed by atoms with van der Waals surface area (Å²) >= 11 is 0. The van der Waals surface area contributed by atoms with Gasteiger partial charge in [-0.2, -0.15) is 0 Å². The zero-order valence-electron chi connectivity index (χ0n) is 16.5. The first kappa shape index (κ1) is 21.8. The van der Waals surface area contributed by atoms with Crippen LogP contribution in [0.25, 0.3) is 0 Å². The number of urea groups is 1. The summed E-state index contributed by atoms with van der Waals surface area (Å²) in [6.45, 7) is 1.35. The first-order chi connectivity index (χ1) is 13.6. The van der Waals surface area contributed by atoms with Gasteiger partial charge in [0.05, 0.1) is 6.04 Å². The van der Waals surface area contributed by atoms with Gasteiger partial charge in [-0.25, -0.2) is 9.18 Å². The third kappa shape index (κ3) is 5.39. The van der Waals surface area contributed by atoms with Crippen LogP contribution in [-0.4, -0.2) is 48.1 Å². The van der Waals surface area contributed by atoms with Gasteiger partial charge in [0.15, 0.2) is 0 Å². The lowest BCUT2D eigenvalue weighted by Gasteiger charge is -2.34. The van der Waals surface area contributed by atoms with Crippen molar-refractivity contribution in [1.82, 2.24) is 15.5 Å². The summed E-state index contributed by atoms with van der Waals surface area (Å²) in [5, 5.41) is 9.24. The predicted octanol–water partition coefficient (Wildman–Crippen LogP) is 3.28. The number of hydrogen-bond acceptors (Lipinski definition) is 3. The van der Waals surface area contributed by atoms with Crippen molar-refractivity contribution in [3.8, 4) is 0 Å². The number of carbonyl (C=O) groups excluding carboxylic acids is 2. The van der Waals surface area contributed by atoms with E-state index in [2.05, 4.69) is 16.0 Å². The molecule has 3 unspecified atom stereocenters. The van der Waals surface area contributed by atoms with Gasteiger partial charge in [0.25, 0.3) is 0 Å². The van der Waals surface area contributed by atoms with Gasteiger partial charge >= 0.3 is 6.03 Å². The third-order valence-corrected chi connectivity index (χ3v) is 6.40. The van der Waals surface area contributed by atoms with E-state index < -0.39 is 0 Å². The molecule has 29 heavy (non-hydrogen) atoms. The molecule has 0 bridgehead atoms. The van der Waals surface area contributed by atoms with Crippen LogP contribution in [0.4, 0.5) is 14.9 Å². The van der Waals surface area contributed by atoms with Crippen molar-refractivity contribution in [2.45, 2.75) is 63.1 Å². The fourth-order valence-electron chi connectivity index (χ4n) is 4.86. The van der Waals surface area contributed by atoms with Crippen molar-refractivity contribution in [2.75, 3.05) is 18.4 Å². The van der Waals surface area contributed by atoms with Crippen LogP contribution in [0.5, 0.6) is 0 Å². The number of amides is 3. The summed E-state index contributed by atoms with van der Waals surface area (Å²) in [7, 11) is 0. The third-order valence-electron chi connectivity index (χ3n) is 6.40. The maximum absolute atomic E-state index is 12.9. The maximum atomic E-state index is 12.9. The van der Waals surface area contributed by atoms with Crippen LogP contribution in [0.2, 0.25) is 0 Å². The number of nitrogens with zero attached hydrogens (tertiary/aromatic N) is 1. The molecule has 2 aliphatic heterocycles. The number of anilines is 1. The molecule has 1 aromatic rings. The molecule has 2 heterocycles. The molecule has 3 atom stereocenters. The number of likely N-dealkylation sites (tertiary alicyclic amines) is 1. The minimum absolute atomic E-state index is 0. The molecule has 0 radical (unpaired) electrons. The van der Waals surface area contributed by atoms with E-state index in [1.807, 2.05) is 4.90 Å². The first-order valence-corrected chi connectivity index (χ1v) is 10.5. The Morgan fingerprint density at radius 1 is 1.03 bits per heavy atom. The number of hydrogen-bond donors (Lipinski definition) is 3. The molecule has 0 aromatic heterocycles. The van der Waals surface area contributed by atoms with E-state index in [9.17, 15) is 14.0 Å². The van der Waals surface area contributed by atoms with Crippen molar-refractivity contribution in [2.24, 2.45) is 5.92 Å². The second-order valence-electron chi connectivity index (χ2n) is 8.31. The molecular formula is C21H30ClFN4O2. The number of piperidine rings is 1. The van der Waals surface area contributed by atoms with Gasteiger partial charge in [-0.15, -0.1) is 12.4 Å². The minimum atomic E-state index is -0.334. The van der Waals surface area contributed by atoms with E-state index in [0.29, 0.717) is 30.7 Å². The number of fused-ring (bicyclic) bond motifs is 1. The van der Waals surface area contributed by atoms with E-state index in [-0.39, 0.29) is 42.2 Å². The van der Waals surface area contributed by atoms with Gasteiger partial charge in [0.1, 0.15) is 5.82 Å². The molecule has 3 amide bonds. The van der Waals surface area contributed by atoms with E-state index >= 15 is 0 Å². The lowest BCUT2D eigenvalue weighted by atomic mass is 9.85. The Bertz CT molecular complexity index is 695. The first-order valence-electron chi connectivity index (χ1n) is 10.5. The average Bonchev–Trinajstić information content (AvgIpc) is 3.14. The Hall–Kier alpha value is -1.86. The SMILES string of the molecule is Cl.O=C(Nc1ccc(F)cc1)NC1CCN(C(=O)C2CC3CCCCC3N2)CC1. The van der Waals surface area contributed by atoms with E-state index in [0.717, 1.165) is 19.3 Å². The molecule has 4 rings (SSSR count). The number of benzene rings is 1. The highest BCUT2D eigenvalue weighted by Gasteiger charge is 2.40. The van der Waals surface area contributed by atoms with Gasteiger partial charge in [-0.1, -0.05) is 12.8 Å². The van der Waals surface area contributed by atoms with Crippen LogP contribution < -0.4 is 16.0 Å². The van der Waals surface area contributed by atoms with Crippen LogP contribution in [0.15, 0.2) is 24.3 Å². The topological polar surface area (TPSA) is 73.5 Å². The Balaban J connectivity index is 0.00000240. The summed E-state index contributed by atoms with van der Waals surface area (Å²) in [6, 6.07) is 5.93. The Morgan fingerprint density at radius 2 is 1.72 bits per heavy atom. The van der Waals surface area contributed by atoms with Crippen molar-refractivity contribution in [3.63, 3.8) is 0 Å². The molecule has 0 spiro atoms. The second kappa shape index (κ2) is 9.76. The molecule has 3 fully saturated rings. The highest BCUT2D eigenvalue weighted by Crippen LogP contribution is 2.34. The summed E-state index contributed by atoms with van der Waals surface area (Å²) in [5.41, 5.74) is 0.556. The smallest absolute Gasteiger partial charge is 0.319 e. The Labute approximate surface area is 177 Å². The minimum Gasteiger partial charge on any atom is -0.341 e. The summed E-state index contributed by atoms with van der Waals surface area (Å²) in [4.78, 5) is 27.0. The molecular weight excluding hydrogens is 395 g/mol. The normalized spacial score (nSPS) is 26.9. The van der Waals surface area contributed by atoms with E-state index in [4.69, 9.17) is 0 Å². The number of carbonyl (C=O) groups is 2. The van der Waals surface area contributed by atoms with Crippen molar-refractivity contribution < 1.29 is 14.0 Å². The second-order valence-corrected chi connectivity index (χ2v) is 8.31. The summed E-state index contributed by atoms with van der Waals surface area (Å²) < 4.78 is 12.9. The predicted molar refractivity (Wildman–Crippen MR) is 113 cm³/mol. The van der Waals surface area contributed by atoms with Crippen LogP contribution in [0.1, 0.15) is 44.9 Å². The zero-order valence-corrected chi connectivity index (χ0v) is 17.3. The Kier molecular flexibility index (Phi) is 7.35. The maximum Gasteiger partial charge on any atom is 0.319 e. The van der Waals surface area contributed by atoms with Crippen LogP contribution >= 0.6 is 12.4 Å². The quantitative estimate of drug-likeness (QED) is 0.697. The molecule has 160 valence electrons. The van der Waals surface area contributed by atoms with Crippen LogP contribution in [0.3, 0.4) is 0 Å². The van der Waals surface area contributed by atoms with Crippen molar-refractivity contribution >= 4 is 30.0 Å². The molecule has 2 saturated heterocycles. The zero-order chi connectivity index (χ0) is 19.5. The molecule has 1 saturated carbocycles. The molecule has 8 heteroatoms. The van der Waals surface area contributed by atoms with Crippen LogP contribution in [0, 0.1) is 11.7 Å². The average molecular weight is 425 g/mol. The van der Waals surface area contributed by atoms with E-state index in [1.54, 1.807) is 0 Å². The molecule has 6 nitrogen and oxygen atoms in total. The molecule has 1 aliphatic carbocycles. The van der Waals surface area contributed by atoms with Gasteiger partial charge in [-0.05, 0) is 62.3 Å². The van der Waals surface area contributed by atoms with Gasteiger partial charge in [-0.3, -0.25) is 4.79 Å². The molecule has 3 N–H and O–H groups in total. The van der Waals surface area contributed by atoms with Gasteiger partial charge < -0.3 is 20.9 Å². The van der Waals surface area contributed by atoms with E-state index in [1.165, 1.54) is 49.9 Å². The summed E-state index contributed by atoms with van der Waals surface area (Å²) in [5.74, 6) is 0.555. The molecule has 1 aromatic carbocycles. The highest BCUT2D eigenvalue weighted by molar-refractivity contribution is 5.89. The van der Waals surface area contributed by atoms with Crippen LogP contribution in [-0.2, 0) is 4.79 Å². The van der Waals surface area contributed by atoms with Gasteiger partial charge in [0, 0.05) is 30.9 Å².